The third kappa shape index (κ3) is 13.2. The summed E-state index contributed by atoms with van der Waals surface area (Å²) in [6, 6.07) is -0.833. The highest BCUT2D eigenvalue weighted by atomic mass is 16.2. The number of amides is 2. The van der Waals surface area contributed by atoms with Gasteiger partial charge in [-0.3, -0.25) is 0 Å². The number of rotatable bonds is 0. The van der Waals surface area contributed by atoms with Crippen molar-refractivity contribution in [1.29, 1.82) is 0 Å². The van der Waals surface area contributed by atoms with Gasteiger partial charge in [-0.05, 0) is 14.1 Å². The highest BCUT2D eigenvalue weighted by Crippen LogP contribution is 1.83. The zero-order valence-electron chi connectivity index (χ0n) is 11.6. The molecule has 2 rings (SSSR count). The van der Waals surface area contributed by atoms with Crippen LogP contribution >= 0.6 is 0 Å². The van der Waals surface area contributed by atoms with Crippen LogP contribution in [-0.2, 0) is 0 Å². The van der Waals surface area contributed by atoms with E-state index in [1.165, 1.54) is 26.2 Å². The fourth-order valence-electron chi connectivity index (χ4n) is 1.55. The monoisotopic (exact) mass is 260 g/mol. The smallest absolute Gasteiger partial charge is 0.309 e. The van der Waals surface area contributed by atoms with Crippen LogP contribution in [0, 0.1) is 0 Å². The molecule has 2 fully saturated rings. The quantitative estimate of drug-likeness (QED) is 0.406. The van der Waals surface area contributed by atoms with Crippen LogP contribution in [0.3, 0.4) is 0 Å². The summed E-state index contributed by atoms with van der Waals surface area (Å²) in [6.45, 7) is 9.49. The standard InChI is InChI=1S/2C5H12N2.CH4N2O/c2*1-7-4-2-6-3-5-7;2-1(3)4/h2*6H,2-5H2,1H3;(H4,2,3,4). The Kier molecular flexibility index (Phi) is 10.7. The van der Waals surface area contributed by atoms with Gasteiger partial charge in [0.2, 0.25) is 0 Å². The van der Waals surface area contributed by atoms with E-state index >= 15 is 0 Å². The molecular formula is C11H28N6O. The summed E-state index contributed by atoms with van der Waals surface area (Å²) in [5.74, 6) is 0. The van der Waals surface area contributed by atoms with Crippen molar-refractivity contribution in [2.24, 2.45) is 11.5 Å². The van der Waals surface area contributed by atoms with Crippen LogP contribution in [0.2, 0.25) is 0 Å². The van der Waals surface area contributed by atoms with Crippen LogP contribution in [0.4, 0.5) is 4.79 Å². The summed E-state index contributed by atoms with van der Waals surface area (Å²) in [5.41, 5.74) is 8.50. The minimum Gasteiger partial charge on any atom is -0.352 e. The maximum Gasteiger partial charge on any atom is 0.309 e. The van der Waals surface area contributed by atoms with E-state index in [1.807, 2.05) is 0 Å². The Bertz CT molecular complexity index is 182. The molecule has 0 aromatic heterocycles. The number of nitrogens with zero attached hydrogens (tertiary/aromatic N) is 2. The molecule has 2 aliphatic heterocycles. The summed E-state index contributed by atoms with van der Waals surface area (Å²) in [6.07, 6.45) is 0. The molecule has 7 heteroatoms. The molecule has 0 radical (unpaired) electrons. The topological polar surface area (TPSA) is 99.7 Å². The fraction of sp³-hybridized carbons (Fsp3) is 0.909. The SMILES string of the molecule is CN1CCNCC1.CN1CCNCC1.NC(N)=O. The second kappa shape index (κ2) is 11.2. The van der Waals surface area contributed by atoms with Crippen LogP contribution in [0.25, 0.3) is 0 Å². The zero-order chi connectivity index (χ0) is 13.8. The molecule has 2 saturated heterocycles. The maximum atomic E-state index is 9.00. The van der Waals surface area contributed by atoms with E-state index in [0.29, 0.717) is 0 Å². The van der Waals surface area contributed by atoms with Gasteiger partial charge in [-0.25, -0.2) is 4.79 Å². The second-order valence-electron chi connectivity index (χ2n) is 4.51. The summed E-state index contributed by atoms with van der Waals surface area (Å²) >= 11 is 0. The zero-order valence-corrected chi connectivity index (χ0v) is 11.6. The van der Waals surface area contributed by atoms with E-state index in [2.05, 4.69) is 46.0 Å². The first-order valence-corrected chi connectivity index (χ1v) is 6.36. The average Bonchev–Trinajstić information content (AvgIpc) is 2.31. The van der Waals surface area contributed by atoms with Gasteiger partial charge in [0.25, 0.3) is 0 Å². The number of piperazine rings is 2. The van der Waals surface area contributed by atoms with Gasteiger partial charge in [0.05, 0.1) is 0 Å². The van der Waals surface area contributed by atoms with Crippen LogP contribution in [0.15, 0.2) is 0 Å². The lowest BCUT2D eigenvalue weighted by atomic mass is 10.4. The molecule has 108 valence electrons. The number of nitrogens with two attached hydrogens (primary N) is 2. The van der Waals surface area contributed by atoms with Gasteiger partial charge in [-0.2, -0.15) is 0 Å². The number of primary amides is 2. The molecule has 2 aliphatic rings. The Morgan fingerprint density at radius 2 is 1.06 bits per heavy atom. The number of carbonyl (C=O) groups is 1. The molecule has 0 aromatic carbocycles. The van der Waals surface area contributed by atoms with E-state index in [4.69, 9.17) is 4.79 Å². The van der Waals surface area contributed by atoms with Gasteiger partial charge in [-0.1, -0.05) is 0 Å². The molecule has 7 nitrogen and oxygen atoms in total. The van der Waals surface area contributed by atoms with Crippen molar-refractivity contribution in [3.8, 4) is 0 Å². The molecule has 0 saturated carbocycles. The van der Waals surface area contributed by atoms with Gasteiger partial charge < -0.3 is 31.9 Å². The first kappa shape index (κ1) is 17.1. The molecule has 18 heavy (non-hydrogen) atoms. The molecular weight excluding hydrogens is 232 g/mol. The van der Waals surface area contributed by atoms with Gasteiger partial charge in [-0.15, -0.1) is 0 Å². The fourth-order valence-corrected chi connectivity index (χ4v) is 1.55. The first-order chi connectivity index (χ1) is 8.52. The van der Waals surface area contributed by atoms with Crippen molar-refractivity contribution in [3.05, 3.63) is 0 Å². The lowest BCUT2D eigenvalue weighted by molar-refractivity contribution is 0.256. The Labute approximate surface area is 110 Å². The van der Waals surface area contributed by atoms with Crippen molar-refractivity contribution < 1.29 is 4.79 Å². The van der Waals surface area contributed by atoms with Gasteiger partial charge in [0, 0.05) is 52.4 Å². The molecule has 0 aliphatic carbocycles. The third-order valence-electron chi connectivity index (χ3n) is 2.68. The minimum absolute atomic E-state index is 0.833. The van der Waals surface area contributed by atoms with Crippen molar-refractivity contribution in [2.75, 3.05) is 66.5 Å². The van der Waals surface area contributed by atoms with E-state index in [1.54, 1.807) is 0 Å². The molecule has 6 N–H and O–H groups in total. The molecule has 0 unspecified atom stereocenters. The molecule has 0 spiro atoms. The van der Waals surface area contributed by atoms with Gasteiger partial charge in [0.1, 0.15) is 0 Å². The second-order valence-corrected chi connectivity index (χ2v) is 4.51. The molecule has 0 bridgehead atoms. The summed E-state index contributed by atoms with van der Waals surface area (Å²) < 4.78 is 0. The highest BCUT2D eigenvalue weighted by molar-refractivity contribution is 5.69. The van der Waals surface area contributed by atoms with Crippen molar-refractivity contribution in [1.82, 2.24) is 20.4 Å². The van der Waals surface area contributed by atoms with Crippen LogP contribution in [-0.4, -0.2) is 82.3 Å². The predicted octanol–water partition coefficient (Wildman–Crippen LogP) is -1.93. The van der Waals surface area contributed by atoms with Gasteiger partial charge >= 0.3 is 6.03 Å². The number of hydrogen-bond donors (Lipinski definition) is 4. The summed E-state index contributed by atoms with van der Waals surface area (Å²) in [5, 5.41) is 6.55. The summed E-state index contributed by atoms with van der Waals surface area (Å²) in [7, 11) is 4.31. The maximum absolute atomic E-state index is 9.00. The number of likely N-dealkylation sites (N-methyl/N-ethyl adjacent to an activating group) is 2. The molecule has 0 aromatic rings. The first-order valence-electron chi connectivity index (χ1n) is 6.36. The van der Waals surface area contributed by atoms with Crippen LogP contribution in [0.1, 0.15) is 0 Å². The van der Waals surface area contributed by atoms with Crippen LogP contribution < -0.4 is 22.1 Å². The normalized spacial score (nSPS) is 21.0. The van der Waals surface area contributed by atoms with Gasteiger partial charge in [0.15, 0.2) is 0 Å². The third-order valence-corrected chi connectivity index (χ3v) is 2.68. The average molecular weight is 260 g/mol. The number of hydrogen-bond acceptors (Lipinski definition) is 5. The van der Waals surface area contributed by atoms with E-state index in [9.17, 15) is 0 Å². The van der Waals surface area contributed by atoms with Crippen molar-refractivity contribution in [3.63, 3.8) is 0 Å². The Hall–Kier alpha value is -0.890. The Morgan fingerprint density at radius 3 is 1.17 bits per heavy atom. The lowest BCUT2D eigenvalue weighted by Crippen LogP contribution is -2.40. The Balaban J connectivity index is 0.000000253. The highest BCUT2D eigenvalue weighted by Gasteiger charge is 2.01. The largest absolute Gasteiger partial charge is 0.352 e. The van der Waals surface area contributed by atoms with E-state index in [0.717, 1.165) is 26.2 Å². The Morgan fingerprint density at radius 1 is 0.833 bits per heavy atom. The van der Waals surface area contributed by atoms with Crippen LogP contribution in [0.5, 0.6) is 0 Å². The van der Waals surface area contributed by atoms with E-state index < -0.39 is 6.03 Å². The van der Waals surface area contributed by atoms with E-state index in [-0.39, 0.29) is 0 Å². The number of carbonyl (C=O) groups excluding carboxylic acids is 1. The number of nitrogens with one attached hydrogen (secondary N) is 2. The van der Waals surface area contributed by atoms with Crippen molar-refractivity contribution in [2.45, 2.75) is 0 Å². The minimum atomic E-state index is -0.833. The number of urea groups is 1. The molecule has 2 heterocycles. The predicted molar refractivity (Wildman–Crippen MR) is 74.5 cm³/mol. The summed E-state index contributed by atoms with van der Waals surface area (Å²) in [4.78, 5) is 13.7. The lowest BCUT2D eigenvalue weighted by Gasteiger charge is -2.21. The molecule has 0 atom stereocenters. The molecule has 2 amide bonds. The van der Waals surface area contributed by atoms with Crippen molar-refractivity contribution >= 4 is 6.03 Å².